The highest BCUT2D eigenvalue weighted by molar-refractivity contribution is 8.21. The SMILES string of the molecule is O=Cc1ccc(OCCP(=S)(c2ccccc2)c2ccccc2)cc1. The maximum atomic E-state index is 10.7. The molecule has 0 N–H and O–H groups in total. The minimum atomic E-state index is -1.92. The minimum absolute atomic E-state index is 0.543. The summed E-state index contributed by atoms with van der Waals surface area (Å²) < 4.78 is 5.89. The van der Waals surface area contributed by atoms with Crippen LogP contribution in [0.25, 0.3) is 0 Å². The second kappa shape index (κ2) is 8.24. The third-order valence-electron chi connectivity index (χ3n) is 4.04. The molecule has 0 fully saturated rings. The van der Waals surface area contributed by atoms with E-state index in [0.29, 0.717) is 12.2 Å². The van der Waals surface area contributed by atoms with Gasteiger partial charge in [0, 0.05) is 17.8 Å². The van der Waals surface area contributed by atoms with Gasteiger partial charge in [-0.15, -0.1) is 0 Å². The van der Waals surface area contributed by atoms with Crippen molar-refractivity contribution < 1.29 is 9.53 Å². The molecule has 0 aliphatic carbocycles. The van der Waals surface area contributed by atoms with Crippen molar-refractivity contribution in [3.05, 3.63) is 90.5 Å². The molecule has 0 spiro atoms. The topological polar surface area (TPSA) is 26.3 Å². The molecular weight excluding hydrogens is 347 g/mol. The van der Waals surface area contributed by atoms with Crippen LogP contribution in [0.1, 0.15) is 10.4 Å². The summed E-state index contributed by atoms with van der Waals surface area (Å²) in [5, 5.41) is 2.41. The quantitative estimate of drug-likeness (QED) is 0.467. The number of ether oxygens (including phenoxy) is 1. The molecule has 0 saturated heterocycles. The van der Waals surface area contributed by atoms with Crippen molar-refractivity contribution in [3.63, 3.8) is 0 Å². The predicted molar refractivity (Wildman–Crippen MR) is 109 cm³/mol. The molecule has 3 aromatic rings. The molecule has 0 aliphatic heterocycles. The molecule has 0 aliphatic rings. The van der Waals surface area contributed by atoms with Crippen molar-refractivity contribution in [1.82, 2.24) is 0 Å². The average molecular weight is 366 g/mol. The van der Waals surface area contributed by atoms with Gasteiger partial charge in [0.1, 0.15) is 12.0 Å². The van der Waals surface area contributed by atoms with Crippen LogP contribution in [0.15, 0.2) is 84.9 Å². The van der Waals surface area contributed by atoms with E-state index in [4.69, 9.17) is 16.5 Å². The molecule has 25 heavy (non-hydrogen) atoms. The van der Waals surface area contributed by atoms with E-state index in [2.05, 4.69) is 24.3 Å². The maximum absolute atomic E-state index is 10.7. The smallest absolute Gasteiger partial charge is 0.150 e. The van der Waals surface area contributed by atoms with E-state index in [9.17, 15) is 4.79 Å². The van der Waals surface area contributed by atoms with Crippen molar-refractivity contribution in [3.8, 4) is 5.75 Å². The predicted octanol–water partition coefficient (Wildman–Crippen LogP) is 4.01. The third-order valence-corrected chi connectivity index (χ3v) is 8.93. The number of benzene rings is 3. The van der Waals surface area contributed by atoms with Crippen molar-refractivity contribution in [2.75, 3.05) is 12.8 Å². The Bertz CT molecular complexity index is 818. The highest BCUT2D eigenvalue weighted by atomic mass is 32.4. The molecule has 0 aromatic heterocycles. The van der Waals surface area contributed by atoms with Gasteiger partial charge in [0.2, 0.25) is 0 Å². The molecule has 0 bridgehead atoms. The minimum Gasteiger partial charge on any atom is -0.493 e. The maximum Gasteiger partial charge on any atom is 0.150 e. The second-order valence-electron chi connectivity index (χ2n) is 5.67. The zero-order chi connectivity index (χ0) is 17.5. The van der Waals surface area contributed by atoms with Crippen molar-refractivity contribution in [1.29, 1.82) is 0 Å². The fourth-order valence-electron chi connectivity index (χ4n) is 2.68. The first-order valence-electron chi connectivity index (χ1n) is 8.11. The van der Waals surface area contributed by atoms with Crippen molar-refractivity contribution in [2.45, 2.75) is 0 Å². The lowest BCUT2D eigenvalue weighted by Crippen LogP contribution is -2.21. The zero-order valence-electron chi connectivity index (χ0n) is 13.7. The second-order valence-corrected chi connectivity index (χ2v) is 10.5. The molecule has 0 amide bonds. The summed E-state index contributed by atoms with van der Waals surface area (Å²) in [7, 11) is 0. The molecule has 0 heterocycles. The molecule has 0 unspecified atom stereocenters. The van der Waals surface area contributed by atoms with Crippen LogP contribution in [0.3, 0.4) is 0 Å². The van der Waals surface area contributed by atoms with Crippen LogP contribution in [0.4, 0.5) is 0 Å². The van der Waals surface area contributed by atoms with E-state index >= 15 is 0 Å². The molecular formula is C21H19O2PS. The van der Waals surface area contributed by atoms with E-state index in [-0.39, 0.29) is 0 Å². The highest BCUT2D eigenvalue weighted by Gasteiger charge is 2.22. The number of carbonyl (C=O) groups excluding carboxylic acids is 1. The molecule has 2 nitrogen and oxygen atoms in total. The summed E-state index contributed by atoms with van der Waals surface area (Å²) in [6.45, 7) is 0.543. The van der Waals surface area contributed by atoms with Crippen LogP contribution in [-0.4, -0.2) is 19.1 Å². The Kier molecular flexibility index (Phi) is 5.80. The largest absolute Gasteiger partial charge is 0.493 e. The van der Waals surface area contributed by atoms with Crippen LogP contribution in [0.5, 0.6) is 5.75 Å². The van der Waals surface area contributed by atoms with E-state index in [1.54, 1.807) is 12.1 Å². The molecule has 3 aromatic carbocycles. The van der Waals surface area contributed by atoms with Gasteiger partial charge in [-0.3, -0.25) is 4.79 Å². The van der Waals surface area contributed by atoms with Gasteiger partial charge in [0.05, 0.1) is 6.61 Å². The molecule has 3 rings (SSSR count). The van der Waals surface area contributed by atoms with Gasteiger partial charge in [0.15, 0.2) is 0 Å². The summed E-state index contributed by atoms with van der Waals surface area (Å²) >= 11 is 6.17. The van der Waals surface area contributed by atoms with E-state index in [1.165, 1.54) is 10.6 Å². The Hall–Kier alpha value is -2.22. The van der Waals surface area contributed by atoms with E-state index in [1.807, 2.05) is 48.5 Å². The number of hydrogen-bond donors (Lipinski definition) is 0. The first kappa shape index (κ1) is 17.6. The number of hydrogen-bond acceptors (Lipinski definition) is 3. The lowest BCUT2D eigenvalue weighted by Gasteiger charge is -2.23. The average Bonchev–Trinajstić information content (AvgIpc) is 2.70. The Morgan fingerprint density at radius 3 is 1.80 bits per heavy atom. The fraction of sp³-hybridized carbons (Fsp3) is 0.0952. The Morgan fingerprint density at radius 2 is 1.32 bits per heavy atom. The molecule has 0 radical (unpaired) electrons. The highest BCUT2D eigenvalue weighted by Crippen LogP contribution is 2.43. The van der Waals surface area contributed by atoms with Gasteiger partial charge in [0.25, 0.3) is 0 Å². The van der Waals surface area contributed by atoms with Gasteiger partial charge in [-0.2, -0.15) is 0 Å². The lowest BCUT2D eigenvalue weighted by atomic mass is 10.2. The third kappa shape index (κ3) is 4.25. The zero-order valence-corrected chi connectivity index (χ0v) is 15.5. The van der Waals surface area contributed by atoms with Gasteiger partial charge in [-0.1, -0.05) is 72.5 Å². The summed E-state index contributed by atoms with van der Waals surface area (Å²) in [4.78, 5) is 10.7. The van der Waals surface area contributed by atoms with Crippen molar-refractivity contribution in [2.24, 2.45) is 0 Å². The van der Waals surface area contributed by atoms with Crippen LogP contribution in [0.2, 0.25) is 0 Å². The lowest BCUT2D eigenvalue weighted by molar-refractivity contribution is 0.112. The fourth-order valence-corrected chi connectivity index (χ4v) is 6.10. The molecule has 0 saturated carbocycles. The van der Waals surface area contributed by atoms with Gasteiger partial charge < -0.3 is 4.74 Å². The number of carbonyl (C=O) groups is 1. The van der Waals surface area contributed by atoms with Crippen LogP contribution in [0, 0.1) is 0 Å². The number of rotatable bonds is 7. The van der Waals surface area contributed by atoms with E-state index in [0.717, 1.165) is 18.2 Å². The van der Waals surface area contributed by atoms with Crippen LogP contribution >= 0.6 is 6.04 Å². The summed E-state index contributed by atoms with van der Waals surface area (Å²) in [5.74, 6) is 0.758. The van der Waals surface area contributed by atoms with Gasteiger partial charge in [-0.25, -0.2) is 0 Å². The molecule has 126 valence electrons. The first-order valence-corrected chi connectivity index (χ1v) is 11.1. The summed E-state index contributed by atoms with van der Waals surface area (Å²) in [5.41, 5.74) is 0.644. The number of aldehydes is 1. The van der Waals surface area contributed by atoms with E-state index < -0.39 is 6.04 Å². The summed E-state index contributed by atoms with van der Waals surface area (Å²) in [6, 6.07) is 25.9. The monoisotopic (exact) mass is 366 g/mol. The van der Waals surface area contributed by atoms with Gasteiger partial charge in [-0.05, 0) is 34.9 Å². The standard InChI is InChI=1S/C21H19O2PS/c22-17-18-11-13-19(14-12-18)23-15-16-24(25,20-7-3-1-4-8-20)21-9-5-2-6-10-21/h1-14,17H,15-16H2. The molecule has 4 heteroatoms. The van der Waals surface area contributed by atoms with Crippen molar-refractivity contribution >= 4 is 34.7 Å². The Balaban J connectivity index is 1.79. The van der Waals surface area contributed by atoms with Crippen LogP contribution in [-0.2, 0) is 11.8 Å². The molecule has 0 atom stereocenters. The first-order chi connectivity index (χ1) is 12.2. The Morgan fingerprint density at radius 1 is 0.800 bits per heavy atom. The van der Waals surface area contributed by atoms with Gasteiger partial charge >= 0.3 is 0 Å². The summed E-state index contributed by atoms with van der Waals surface area (Å²) in [6.07, 6.45) is 1.61. The van der Waals surface area contributed by atoms with Crippen LogP contribution < -0.4 is 15.3 Å². The Labute approximate surface area is 153 Å². The normalized spacial score (nSPS) is 11.0.